The summed E-state index contributed by atoms with van der Waals surface area (Å²) >= 11 is 5.84. The number of imidazole rings is 1. The van der Waals surface area contributed by atoms with Gasteiger partial charge >= 0.3 is 5.69 Å². The van der Waals surface area contributed by atoms with Gasteiger partial charge in [-0.25, -0.2) is 13.2 Å². The van der Waals surface area contributed by atoms with Crippen molar-refractivity contribution in [3.05, 3.63) is 58.0 Å². The number of halogens is 1. The lowest BCUT2D eigenvalue weighted by molar-refractivity contribution is 0.601. The maximum absolute atomic E-state index is 12.4. The quantitative estimate of drug-likeness (QED) is 0.787. The second-order valence-electron chi connectivity index (χ2n) is 5.17. The second-order valence-corrected chi connectivity index (χ2v) is 7.29. The molecule has 0 aliphatic heterocycles. The number of hydrogen-bond donors (Lipinski definition) is 1. The van der Waals surface area contributed by atoms with Crippen molar-refractivity contribution in [2.45, 2.75) is 4.90 Å². The normalized spacial score (nSPS) is 11.8. The van der Waals surface area contributed by atoms with E-state index in [2.05, 4.69) is 4.72 Å². The highest BCUT2D eigenvalue weighted by atomic mass is 35.5. The van der Waals surface area contributed by atoms with E-state index in [0.29, 0.717) is 16.2 Å². The molecule has 0 amide bonds. The predicted molar refractivity (Wildman–Crippen MR) is 90.4 cm³/mol. The average molecular weight is 352 g/mol. The highest BCUT2D eigenvalue weighted by molar-refractivity contribution is 7.92. The highest BCUT2D eigenvalue weighted by Crippen LogP contribution is 2.22. The number of hydrogen-bond acceptors (Lipinski definition) is 3. The van der Waals surface area contributed by atoms with Crippen LogP contribution in [0.1, 0.15) is 0 Å². The molecule has 3 aromatic rings. The molecule has 23 heavy (non-hydrogen) atoms. The van der Waals surface area contributed by atoms with E-state index in [9.17, 15) is 13.2 Å². The molecule has 0 unspecified atom stereocenters. The van der Waals surface area contributed by atoms with Crippen LogP contribution in [0.2, 0.25) is 5.02 Å². The fourth-order valence-electron chi connectivity index (χ4n) is 2.42. The van der Waals surface area contributed by atoms with Crippen LogP contribution < -0.4 is 10.4 Å². The van der Waals surface area contributed by atoms with E-state index in [4.69, 9.17) is 11.6 Å². The molecule has 0 saturated heterocycles. The van der Waals surface area contributed by atoms with E-state index >= 15 is 0 Å². The van der Waals surface area contributed by atoms with Crippen molar-refractivity contribution in [3.8, 4) is 0 Å². The topological polar surface area (TPSA) is 73.1 Å². The molecule has 0 aliphatic carbocycles. The van der Waals surface area contributed by atoms with Crippen molar-refractivity contribution in [2.75, 3.05) is 4.72 Å². The molecule has 0 aliphatic rings. The summed E-state index contributed by atoms with van der Waals surface area (Å²) in [6, 6.07) is 11.0. The zero-order valence-corrected chi connectivity index (χ0v) is 14.0. The van der Waals surface area contributed by atoms with Crippen LogP contribution in [-0.4, -0.2) is 17.6 Å². The Labute approximate surface area is 138 Å². The van der Waals surface area contributed by atoms with Gasteiger partial charge in [0.25, 0.3) is 10.0 Å². The molecule has 0 bridgehead atoms. The van der Waals surface area contributed by atoms with Gasteiger partial charge in [0.2, 0.25) is 0 Å². The van der Waals surface area contributed by atoms with Crippen molar-refractivity contribution in [2.24, 2.45) is 14.1 Å². The van der Waals surface area contributed by atoms with Crippen LogP contribution in [0.5, 0.6) is 0 Å². The summed E-state index contributed by atoms with van der Waals surface area (Å²) in [7, 11) is -0.443. The van der Waals surface area contributed by atoms with Crippen molar-refractivity contribution in [1.29, 1.82) is 0 Å². The van der Waals surface area contributed by atoms with Gasteiger partial charge in [-0.3, -0.25) is 13.9 Å². The Kier molecular flexibility index (Phi) is 3.69. The molecule has 3 rings (SSSR count). The summed E-state index contributed by atoms with van der Waals surface area (Å²) < 4.78 is 30.3. The maximum atomic E-state index is 12.4. The van der Waals surface area contributed by atoms with Crippen LogP contribution >= 0.6 is 11.6 Å². The molecule has 2 aromatic carbocycles. The number of sulfonamides is 1. The third kappa shape index (κ3) is 2.73. The third-order valence-electron chi connectivity index (χ3n) is 3.63. The van der Waals surface area contributed by atoms with Crippen LogP contribution in [0.4, 0.5) is 5.69 Å². The number of aromatic nitrogens is 2. The Morgan fingerprint density at radius 1 is 1.00 bits per heavy atom. The van der Waals surface area contributed by atoms with E-state index in [0.717, 1.165) is 5.52 Å². The molecule has 0 saturated carbocycles. The summed E-state index contributed by atoms with van der Waals surface area (Å²) in [5.41, 5.74) is 1.57. The van der Waals surface area contributed by atoms with Gasteiger partial charge in [-0.15, -0.1) is 0 Å². The SMILES string of the molecule is Cn1c(=O)n(C)c2cc(NS(=O)(=O)c3cccc(Cl)c3)ccc21. The van der Waals surface area contributed by atoms with Gasteiger partial charge in [0.05, 0.1) is 21.6 Å². The van der Waals surface area contributed by atoms with Gasteiger partial charge in [0, 0.05) is 19.1 Å². The molecule has 1 N–H and O–H groups in total. The third-order valence-corrected chi connectivity index (χ3v) is 5.24. The van der Waals surface area contributed by atoms with Gasteiger partial charge in [0.1, 0.15) is 0 Å². The number of nitrogens with zero attached hydrogens (tertiary/aromatic N) is 2. The Balaban J connectivity index is 2.05. The monoisotopic (exact) mass is 351 g/mol. The molecule has 0 radical (unpaired) electrons. The van der Waals surface area contributed by atoms with E-state index < -0.39 is 10.0 Å². The summed E-state index contributed by atoms with van der Waals surface area (Å²) in [5, 5.41) is 0.341. The molecule has 6 nitrogen and oxygen atoms in total. The van der Waals surface area contributed by atoms with Crippen LogP contribution in [0, 0.1) is 0 Å². The van der Waals surface area contributed by atoms with Gasteiger partial charge in [-0.2, -0.15) is 0 Å². The lowest BCUT2D eigenvalue weighted by atomic mass is 10.3. The molecular formula is C15H14ClN3O3S. The minimum Gasteiger partial charge on any atom is -0.295 e. The van der Waals surface area contributed by atoms with Crippen molar-refractivity contribution >= 4 is 38.3 Å². The number of nitrogens with one attached hydrogen (secondary N) is 1. The van der Waals surface area contributed by atoms with Crippen molar-refractivity contribution in [1.82, 2.24) is 9.13 Å². The smallest absolute Gasteiger partial charge is 0.295 e. The average Bonchev–Trinajstić information content (AvgIpc) is 2.72. The first-order valence-corrected chi connectivity index (χ1v) is 8.59. The minimum absolute atomic E-state index is 0.0760. The summed E-state index contributed by atoms with van der Waals surface area (Å²) in [5.74, 6) is 0. The fraction of sp³-hybridized carbons (Fsp3) is 0.133. The molecule has 8 heteroatoms. The molecule has 120 valence electrons. The largest absolute Gasteiger partial charge is 0.328 e. The molecule has 1 aromatic heterocycles. The Morgan fingerprint density at radius 3 is 2.39 bits per heavy atom. The summed E-state index contributed by atoms with van der Waals surface area (Å²) in [6.07, 6.45) is 0. The Morgan fingerprint density at radius 2 is 1.70 bits per heavy atom. The van der Waals surface area contributed by atoms with Gasteiger partial charge in [0.15, 0.2) is 0 Å². The Bertz CT molecular complexity index is 1070. The van der Waals surface area contributed by atoms with E-state index in [1.807, 2.05) is 0 Å². The van der Waals surface area contributed by atoms with Gasteiger partial charge in [-0.05, 0) is 36.4 Å². The number of aryl methyl sites for hydroxylation is 2. The molecule has 0 fully saturated rings. The lowest BCUT2D eigenvalue weighted by Gasteiger charge is -2.09. The summed E-state index contributed by atoms with van der Waals surface area (Å²) in [6.45, 7) is 0. The van der Waals surface area contributed by atoms with Gasteiger partial charge in [-0.1, -0.05) is 17.7 Å². The van der Waals surface area contributed by atoms with E-state index in [1.54, 1.807) is 44.4 Å². The first-order chi connectivity index (χ1) is 10.8. The fourth-order valence-corrected chi connectivity index (χ4v) is 3.77. The van der Waals surface area contributed by atoms with Gasteiger partial charge < -0.3 is 0 Å². The number of rotatable bonds is 3. The van der Waals surface area contributed by atoms with E-state index in [-0.39, 0.29) is 10.6 Å². The second kappa shape index (κ2) is 5.43. The first kappa shape index (κ1) is 15.6. The number of fused-ring (bicyclic) bond motifs is 1. The van der Waals surface area contributed by atoms with Crippen molar-refractivity contribution < 1.29 is 8.42 Å². The molecule has 1 heterocycles. The van der Waals surface area contributed by atoms with Crippen LogP contribution in [-0.2, 0) is 24.1 Å². The van der Waals surface area contributed by atoms with E-state index in [1.165, 1.54) is 21.3 Å². The highest BCUT2D eigenvalue weighted by Gasteiger charge is 2.16. The standard InChI is InChI=1S/C15H14ClN3O3S/c1-18-13-7-6-11(9-14(13)19(2)15(18)20)17-23(21,22)12-5-3-4-10(16)8-12/h3-9,17H,1-2H3. The maximum Gasteiger partial charge on any atom is 0.328 e. The predicted octanol–water partition coefficient (Wildman–Crippen LogP) is 2.33. The van der Waals surface area contributed by atoms with Crippen LogP contribution in [0.25, 0.3) is 11.0 Å². The number of benzene rings is 2. The zero-order chi connectivity index (χ0) is 16.8. The molecule has 0 spiro atoms. The number of anilines is 1. The molecule has 0 atom stereocenters. The Hall–Kier alpha value is -2.25. The zero-order valence-electron chi connectivity index (χ0n) is 12.4. The van der Waals surface area contributed by atoms with Crippen molar-refractivity contribution in [3.63, 3.8) is 0 Å². The lowest BCUT2D eigenvalue weighted by Crippen LogP contribution is -2.19. The minimum atomic E-state index is -3.75. The summed E-state index contributed by atoms with van der Waals surface area (Å²) in [4.78, 5) is 12.0. The molecular weight excluding hydrogens is 338 g/mol. The van der Waals surface area contributed by atoms with Crippen LogP contribution in [0.15, 0.2) is 52.2 Å². The van der Waals surface area contributed by atoms with Crippen LogP contribution in [0.3, 0.4) is 0 Å². The first-order valence-electron chi connectivity index (χ1n) is 6.73.